The van der Waals surface area contributed by atoms with E-state index in [1.54, 1.807) is 11.9 Å². The first-order chi connectivity index (χ1) is 24.1. The highest BCUT2D eigenvalue weighted by molar-refractivity contribution is 14.1. The molecular formula is C35H41Br2IN4O6S2. The lowest BCUT2D eigenvalue weighted by molar-refractivity contribution is -0.133. The van der Waals surface area contributed by atoms with Gasteiger partial charge in [0.15, 0.2) is 21.4 Å². The molecule has 2 aromatic carbocycles. The average molecular weight is 965 g/mol. The molecule has 270 valence electrons. The van der Waals surface area contributed by atoms with Crippen molar-refractivity contribution in [3.05, 3.63) is 56.5 Å². The van der Waals surface area contributed by atoms with Gasteiger partial charge in [-0.15, -0.1) is 0 Å². The number of likely N-dealkylation sites (N-methyl/N-ethyl adjacent to an activating group) is 1. The zero-order valence-electron chi connectivity index (χ0n) is 28.1. The molecule has 6 aliphatic heterocycles. The van der Waals surface area contributed by atoms with Gasteiger partial charge in [-0.3, -0.25) is 14.5 Å². The van der Waals surface area contributed by atoms with E-state index in [2.05, 4.69) is 65.1 Å². The number of halogens is 3. The van der Waals surface area contributed by atoms with Gasteiger partial charge in [-0.25, -0.2) is 4.99 Å². The van der Waals surface area contributed by atoms with E-state index in [1.807, 2.05) is 47.6 Å². The standard InChI is InChI=1S/C18H21BrN2O3S.C16H17BrN2O3S.CH3I/c1-21-16(22)18(20-17(21)25-2)9-15(11-4-3-7-23-10-11)24-14-6-5-12(19)8-13(14)18;17-10-3-4-12-11(6-10)16(14(20)18-15(23)19-16)7-13(22-12)9-2-1-5-21-8-9;1-2/h5-6,8,11,15H,3-4,7,9-10H2,1-2H3;3-4,6,9,13H,1-2,5,7-8H2,(H2,18,19,20,23);1H3. The number of rotatable bonds is 2. The van der Waals surface area contributed by atoms with E-state index in [4.69, 9.17) is 36.2 Å². The number of aliphatic imine (C=N–C) groups is 1. The number of thioether (sulfide) groups is 1. The van der Waals surface area contributed by atoms with Gasteiger partial charge in [-0.1, -0.05) is 66.2 Å². The zero-order chi connectivity index (χ0) is 35.6. The maximum atomic E-state index is 13.2. The topological polar surface area (TPSA) is 111 Å². The smallest absolute Gasteiger partial charge is 0.261 e. The Morgan fingerprint density at radius 3 is 1.98 bits per heavy atom. The number of benzene rings is 2. The summed E-state index contributed by atoms with van der Waals surface area (Å²) in [5, 5.41) is 7.08. The maximum Gasteiger partial charge on any atom is 0.261 e. The summed E-state index contributed by atoms with van der Waals surface area (Å²) < 4.78 is 25.7. The van der Waals surface area contributed by atoms with Gasteiger partial charge in [-0.05, 0) is 85.5 Å². The summed E-state index contributed by atoms with van der Waals surface area (Å²) in [5.74, 6) is 2.02. The molecule has 0 bridgehead atoms. The second kappa shape index (κ2) is 16.3. The van der Waals surface area contributed by atoms with Gasteiger partial charge in [0.05, 0.1) is 13.2 Å². The SMILES string of the molecule is CI.CSC1=NC2(CC(C3CCCOC3)Oc3ccc(Br)cc32)C(=O)N1C.O=C1NC(=S)NC12CC(C1CCCOC1)Oc1ccc(Br)cc12. The number of amides is 2. The minimum absolute atomic E-state index is 0.0289. The molecule has 50 heavy (non-hydrogen) atoms. The maximum absolute atomic E-state index is 13.2. The van der Waals surface area contributed by atoms with Crippen molar-refractivity contribution in [3.63, 3.8) is 0 Å². The number of amidine groups is 1. The first-order valence-corrected chi connectivity index (χ1v) is 22.0. The van der Waals surface area contributed by atoms with Crippen LogP contribution in [0, 0.1) is 11.8 Å². The van der Waals surface area contributed by atoms with Gasteiger partial charge in [0, 0.05) is 65.0 Å². The molecule has 0 saturated carbocycles. The lowest BCUT2D eigenvalue weighted by atomic mass is 9.78. The third-order valence-electron chi connectivity index (χ3n) is 10.1. The van der Waals surface area contributed by atoms with E-state index >= 15 is 0 Å². The number of hydrogen-bond donors (Lipinski definition) is 2. The number of alkyl halides is 1. The largest absolute Gasteiger partial charge is 0.490 e. The molecule has 6 atom stereocenters. The summed E-state index contributed by atoms with van der Waals surface area (Å²) in [6.45, 7) is 2.99. The fourth-order valence-electron chi connectivity index (χ4n) is 7.70. The van der Waals surface area contributed by atoms with Gasteiger partial charge in [0.2, 0.25) is 0 Å². The Balaban J connectivity index is 0.000000165. The van der Waals surface area contributed by atoms with Crippen LogP contribution in [0.25, 0.3) is 0 Å². The Hall–Kier alpha value is -1.50. The van der Waals surface area contributed by atoms with Crippen LogP contribution in [0.5, 0.6) is 11.5 Å². The van der Waals surface area contributed by atoms with Gasteiger partial charge < -0.3 is 29.6 Å². The molecule has 6 unspecified atom stereocenters. The number of carbonyl (C=O) groups is 2. The van der Waals surface area contributed by atoms with Crippen molar-refractivity contribution >= 4 is 101 Å². The first kappa shape index (κ1) is 38.2. The molecule has 15 heteroatoms. The van der Waals surface area contributed by atoms with Crippen molar-refractivity contribution in [2.45, 2.75) is 61.8 Å². The Bertz CT molecular complexity index is 1660. The van der Waals surface area contributed by atoms with Crippen LogP contribution in [0.3, 0.4) is 0 Å². The van der Waals surface area contributed by atoms with Crippen molar-refractivity contribution in [3.8, 4) is 11.5 Å². The Morgan fingerprint density at radius 1 is 0.920 bits per heavy atom. The lowest BCUT2D eigenvalue weighted by Gasteiger charge is -2.41. The second-order valence-electron chi connectivity index (χ2n) is 13.1. The Labute approximate surface area is 333 Å². The van der Waals surface area contributed by atoms with Gasteiger partial charge in [-0.2, -0.15) is 0 Å². The van der Waals surface area contributed by atoms with Crippen LogP contribution in [0.1, 0.15) is 49.7 Å². The van der Waals surface area contributed by atoms with E-state index in [9.17, 15) is 9.59 Å². The highest BCUT2D eigenvalue weighted by Crippen LogP contribution is 2.49. The summed E-state index contributed by atoms with van der Waals surface area (Å²) in [5.41, 5.74) is -0.0451. The molecule has 10 nitrogen and oxygen atoms in total. The molecule has 2 amide bonds. The third-order valence-corrected chi connectivity index (χ3v) is 12.1. The molecule has 2 N–H and O–H groups in total. The predicted octanol–water partition coefficient (Wildman–Crippen LogP) is 6.69. The summed E-state index contributed by atoms with van der Waals surface area (Å²) >= 11 is 15.8. The molecule has 6 heterocycles. The van der Waals surface area contributed by atoms with Crippen molar-refractivity contribution in [2.24, 2.45) is 16.8 Å². The lowest BCUT2D eigenvalue weighted by Crippen LogP contribution is -2.52. The van der Waals surface area contributed by atoms with Crippen molar-refractivity contribution in [2.75, 3.05) is 44.7 Å². The Morgan fingerprint density at radius 2 is 1.48 bits per heavy atom. The van der Waals surface area contributed by atoms with E-state index < -0.39 is 11.1 Å². The number of thiocarbonyl (C=S) groups is 1. The molecule has 2 spiro atoms. The summed E-state index contributed by atoms with van der Waals surface area (Å²) in [6.07, 6.45) is 7.14. The van der Waals surface area contributed by atoms with E-state index in [-0.39, 0.29) is 24.0 Å². The summed E-state index contributed by atoms with van der Waals surface area (Å²) in [4.78, 5) is 34.5. The van der Waals surface area contributed by atoms with Crippen LogP contribution < -0.4 is 20.1 Å². The van der Waals surface area contributed by atoms with Crippen LogP contribution in [0.2, 0.25) is 0 Å². The average Bonchev–Trinajstić information content (AvgIpc) is 3.56. The molecule has 0 radical (unpaired) electrons. The summed E-state index contributed by atoms with van der Waals surface area (Å²) in [7, 11) is 1.80. The van der Waals surface area contributed by atoms with E-state index in [0.29, 0.717) is 43.0 Å². The Kier molecular flexibility index (Phi) is 12.4. The van der Waals surface area contributed by atoms with Crippen LogP contribution in [0.15, 0.2) is 50.3 Å². The van der Waals surface area contributed by atoms with Crippen molar-refractivity contribution in [1.29, 1.82) is 0 Å². The third kappa shape index (κ3) is 7.34. The monoisotopic (exact) mass is 962 g/mol. The minimum atomic E-state index is -0.882. The molecule has 6 aliphatic rings. The highest BCUT2D eigenvalue weighted by Gasteiger charge is 2.55. The fraction of sp³-hybridized carbons (Fsp3) is 0.543. The number of nitrogens with zero attached hydrogens (tertiary/aromatic N) is 2. The molecule has 3 saturated heterocycles. The number of carbonyl (C=O) groups excluding carboxylic acids is 2. The van der Waals surface area contributed by atoms with Gasteiger partial charge in [0.1, 0.15) is 23.7 Å². The van der Waals surface area contributed by atoms with E-state index in [0.717, 1.165) is 75.6 Å². The summed E-state index contributed by atoms with van der Waals surface area (Å²) in [6, 6.07) is 11.6. The van der Waals surface area contributed by atoms with E-state index in [1.165, 1.54) is 11.8 Å². The predicted molar refractivity (Wildman–Crippen MR) is 214 cm³/mol. The number of nitrogens with one attached hydrogen (secondary N) is 2. The van der Waals surface area contributed by atoms with Crippen LogP contribution >= 0.6 is 78.4 Å². The first-order valence-electron chi connectivity index (χ1n) is 16.7. The number of fused-ring (bicyclic) bond motifs is 4. The molecule has 2 aromatic rings. The minimum Gasteiger partial charge on any atom is -0.490 e. The second-order valence-corrected chi connectivity index (χ2v) is 16.1. The van der Waals surface area contributed by atoms with Crippen LogP contribution in [-0.4, -0.2) is 83.9 Å². The zero-order valence-corrected chi connectivity index (χ0v) is 35.1. The van der Waals surface area contributed by atoms with Crippen LogP contribution in [-0.2, 0) is 30.1 Å². The normalized spacial score (nSPS) is 31.1. The molecule has 0 aromatic heterocycles. The molecule has 0 aliphatic carbocycles. The van der Waals surface area contributed by atoms with Gasteiger partial charge in [0.25, 0.3) is 11.8 Å². The number of ether oxygens (including phenoxy) is 4. The molecular weight excluding hydrogens is 923 g/mol. The quantitative estimate of drug-likeness (QED) is 0.194. The van der Waals surface area contributed by atoms with Crippen LogP contribution in [0.4, 0.5) is 0 Å². The molecule has 3 fully saturated rings. The fourth-order valence-corrected chi connectivity index (χ4v) is 9.29. The molecule has 8 rings (SSSR count). The van der Waals surface area contributed by atoms with Crippen molar-refractivity contribution < 1.29 is 28.5 Å². The van der Waals surface area contributed by atoms with Gasteiger partial charge >= 0.3 is 0 Å². The number of hydrogen-bond acceptors (Lipinski definition) is 9. The van der Waals surface area contributed by atoms with Crippen molar-refractivity contribution in [1.82, 2.24) is 15.5 Å². The highest BCUT2D eigenvalue weighted by atomic mass is 127.